The van der Waals surface area contributed by atoms with Crippen molar-refractivity contribution in [2.45, 2.75) is 39.4 Å². The van der Waals surface area contributed by atoms with E-state index in [1.807, 2.05) is 30.1 Å². The lowest BCUT2D eigenvalue weighted by Gasteiger charge is -2.19. The summed E-state index contributed by atoms with van der Waals surface area (Å²) in [6.07, 6.45) is 0. The maximum Gasteiger partial charge on any atom is 0.125 e. The Balaban J connectivity index is 1.96. The molecule has 0 aliphatic heterocycles. The number of hydrogen-bond acceptors (Lipinski definition) is 3. The molecule has 1 heterocycles. The highest BCUT2D eigenvalue weighted by atomic mass is 19.1. The van der Waals surface area contributed by atoms with Crippen LogP contribution in [0.4, 0.5) is 10.1 Å². The summed E-state index contributed by atoms with van der Waals surface area (Å²) in [6.45, 7) is 7.67. The number of furan rings is 1. The molecule has 0 unspecified atom stereocenters. The van der Waals surface area contributed by atoms with Crippen molar-refractivity contribution in [2.75, 3.05) is 11.9 Å². The molecule has 1 aromatic carbocycles. The Morgan fingerprint density at radius 3 is 2.52 bits per heavy atom. The Morgan fingerprint density at radius 1 is 1.14 bits per heavy atom. The van der Waals surface area contributed by atoms with E-state index in [0.29, 0.717) is 13.1 Å². The third-order valence-corrected chi connectivity index (χ3v) is 3.15. The summed E-state index contributed by atoms with van der Waals surface area (Å²) in [6, 6.07) is 10.5. The molecule has 21 heavy (non-hydrogen) atoms. The fourth-order valence-electron chi connectivity index (χ4n) is 1.99. The number of halogens is 1. The van der Waals surface area contributed by atoms with E-state index in [4.69, 9.17) is 4.42 Å². The van der Waals surface area contributed by atoms with Crippen LogP contribution in [0, 0.1) is 5.82 Å². The first kappa shape index (κ1) is 15.6. The Hall–Kier alpha value is -1.81. The maximum atomic E-state index is 13.2. The van der Waals surface area contributed by atoms with Gasteiger partial charge in [-0.3, -0.25) is 0 Å². The second-order valence-corrected chi connectivity index (χ2v) is 6.31. The van der Waals surface area contributed by atoms with E-state index in [-0.39, 0.29) is 11.4 Å². The van der Waals surface area contributed by atoms with Crippen molar-refractivity contribution in [1.82, 2.24) is 5.32 Å². The molecule has 0 fully saturated rings. The molecule has 1 aromatic heterocycles. The highest BCUT2D eigenvalue weighted by molar-refractivity contribution is 5.45. The third kappa shape index (κ3) is 4.90. The number of nitrogens with zero attached hydrogens (tertiary/aromatic N) is 1. The van der Waals surface area contributed by atoms with Gasteiger partial charge in [-0.1, -0.05) is 6.07 Å². The minimum Gasteiger partial charge on any atom is -0.463 e. The first-order valence-corrected chi connectivity index (χ1v) is 7.13. The first-order chi connectivity index (χ1) is 9.83. The standard InChI is InChI=1S/C17H23FN2O/c1-17(2,3)19-11-15-8-9-16(21-15)12-20(4)14-7-5-6-13(18)10-14/h5-10,19H,11-12H2,1-4H3. The average molecular weight is 290 g/mol. The predicted molar refractivity (Wildman–Crippen MR) is 83.8 cm³/mol. The fourth-order valence-corrected chi connectivity index (χ4v) is 1.99. The van der Waals surface area contributed by atoms with Gasteiger partial charge in [0.2, 0.25) is 0 Å². The SMILES string of the molecule is CN(Cc1ccc(CNC(C)(C)C)o1)c1cccc(F)c1. The van der Waals surface area contributed by atoms with Crippen LogP contribution in [0.25, 0.3) is 0 Å². The average Bonchev–Trinajstić information content (AvgIpc) is 2.83. The summed E-state index contributed by atoms with van der Waals surface area (Å²) in [5.74, 6) is 1.55. The Kier molecular flexibility index (Phi) is 4.68. The lowest BCUT2D eigenvalue weighted by atomic mass is 10.1. The van der Waals surface area contributed by atoms with Crippen molar-refractivity contribution >= 4 is 5.69 Å². The van der Waals surface area contributed by atoms with Crippen LogP contribution < -0.4 is 10.2 Å². The highest BCUT2D eigenvalue weighted by Crippen LogP contribution is 2.18. The van der Waals surface area contributed by atoms with Crippen molar-refractivity contribution in [1.29, 1.82) is 0 Å². The van der Waals surface area contributed by atoms with Crippen LogP contribution in [0.5, 0.6) is 0 Å². The van der Waals surface area contributed by atoms with Crippen molar-refractivity contribution in [3.63, 3.8) is 0 Å². The van der Waals surface area contributed by atoms with Gasteiger partial charge >= 0.3 is 0 Å². The number of benzene rings is 1. The molecule has 0 atom stereocenters. The first-order valence-electron chi connectivity index (χ1n) is 7.13. The van der Waals surface area contributed by atoms with Crippen LogP contribution in [0.2, 0.25) is 0 Å². The molecule has 0 saturated carbocycles. The molecule has 0 spiro atoms. The molecule has 3 nitrogen and oxygen atoms in total. The lowest BCUT2D eigenvalue weighted by Crippen LogP contribution is -2.34. The summed E-state index contributed by atoms with van der Waals surface area (Å²) in [5, 5.41) is 3.39. The molecule has 0 aliphatic carbocycles. The van der Waals surface area contributed by atoms with Crippen LogP contribution in [-0.2, 0) is 13.1 Å². The minimum absolute atomic E-state index is 0.0608. The topological polar surface area (TPSA) is 28.4 Å². The molecule has 0 bridgehead atoms. The zero-order valence-corrected chi connectivity index (χ0v) is 13.1. The van der Waals surface area contributed by atoms with Crippen molar-refractivity contribution in [2.24, 2.45) is 0 Å². The quantitative estimate of drug-likeness (QED) is 0.904. The molecule has 0 saturated heterocycles. The Morgan fingerprint density at radius 2 is 1.86 bits per heavy atom. The van der Waals surface area contributed by atoms with E-state index >= 15 is 0 Å². The van der Waals surface area contributed by atoms with Gasteiger partial charge in [-0.25, -0.2) is 4.39 Å². The summed E-state index contributed by atoms with van der Waals surface area (Å²) in [7, 11) is 1.92. The number of hydrogen-bond donors (Lipinski definition) is 1. The van der Waals surface area contributed by atoms with Gasteiger partial charge in [0.05, 0.1) is 13.1 Å². The monoisotopic (exact) mass is 290 g/mol. The van der Waals surface area contributed by atoms with Crippen LogP contribution in [0.15, 0.2) is 40.8 Å². The van der Waals surface area contributed by atoms with E-state index in [1.54, 1.807) is 6.07 Å². The summed E-state index contributed by atoms with van der Waals surface area (Å²) >= 11 is 0. The second kappa shape index (κ2) is 6.31. The molecule has 0 radical (unpaired) electrons. The highest BCUT2D eigenvalue weighted by Gasteiger charge is 2.11. The maximum absolute atomic E-state index is 13.2. The van der Waals surface area contributed by atoms with Gasteiger partial charge in [-0.05, 0) is 51.1 Å². The van der Waals surface area contributed by atoms with Crippen LogP contribution >= 0.6 is 0 Å². The zero-order chi connectivity index (χ0) is 15.5. The largest absolute Gasteiger partial charge is 0.463 e. The fraction of sp³-hybridized carbons (Fsp3) is 0.412. The Bertz CT molecular complexity index is 586. The molecule has 2 aromatic rings. The smallest absolute Gasteiger partial charge is 0.125 e. The van der Waals surface area contributed by atoms with Crippen molar-refractivity contribution in [3.8, 4) is 0 Å². The van der Waals surface area contributed by atoms with Gasteiger partial charge in [0.25, 0.3) is 0 Å². The van der Waals surface area contributed by atoms with Crippen molar-refractivity contribution in [3.05, 3.63) is 53.7 Å². The van der Waals surface area contributed by atoms with Crippen LogP contribution in [0.3, 0.4) is 0 Å². The molecule has 1 N–H and O–H groups in total. The minimum atomic E-state index is -0.228. The van der Waals surface area contributed by atoms with E-state index in [2.05, 4.69) is 26.1 Å². The third-order valence-electron chi connectivity index (χ3n) is 3.15. The van der Waals surface area contributed by atoms with Gasteiger partial charge in [0.1, 0.15) is 17.3 Å². The number of anilines is 1. The second-order valence-electron chi connectivity index (χ2n) is 6.31. The number of rotatable bonds is 5. The summed E-state index contributed by atoms with van der Waals surface area (Å²) < 4.78 is 19.0. The molecular formula is C17H23FN2O. The lowest BCUT2D eigenvalue weighted by molar-refractivity contribution is 0.378. The molecule has 0 aliphatic rings. The van der Waals surface area contributed by atoms with Gasteiger partial charge in [-0.15, -0.1) is 0 Å². The van der Waals surface area contributed by atoms with E-state index in [9.17, 15) is 4.39 Å². The summed E-state index contributed by atoms with van der Waals surface area (Å²) in [4.78, 5) is 1.96. The molecule has 114 valence electrons. The van der Waals surface area contributed by atoms with E-state index in [1.165, 1.54) is 12.1 Å². The van der Waals surface area contributed by atoms with Gasteiger partial charge < -0.3 is 14.6 Å². The van der Waals surface area contributed by atoms with Gasteiger partial charge in [0.15, 0.2) is 0 Å². The molecule has 4 heteroatoms. The van der Waals surface area contributed by atoms with E-state index in [0.717, 1.165) is 17.2 Å². The summed E-state index contributed by atoms with van der Waals surface area (Å²) in [5.41, 5.74) is 0.895. The van der Waals surface area contributed by atoms with Gasteiger partial charge in [0, 0.05) is 18.3 Å². The number of nitrogens with one attached hydrogen (secondary N) is 1. The molecule has 2 rings (SSSR count). The predicted octanol–water partition coefficient (Wildman–Crippen LogP) is 3.94. The van der Waals surface area contributed by atoms with Crippen LogP contribution in [0.1, 0.15) is 32.3 Å². The molecule has 0 amide bonds. The van der Waals surface area contributed by atoms with Gasteiger partial charge in [-0.2, -0.15) is 0 Å². The van der Waals surface area contributed by atoms with E-state index < -0.39 is 0 Å². The normalized spacial score (nSPS) is 11.7. The Labute approximate surface area is 125 Å². The van der Waals surface area contributed by atoms with Crippen LogP contribution in [-0.4, -0.2) is 12.6 Å². The van der Waals surface area contributed by atoms with Crippen molar-refractivity contribution < 1.29 is 8.81 Å². The molecular weight excluding hydrogens is 267 g/mol. The zero-order valence-electron chi connectivity index (χ0n) is 13.1.